The minimum Gasteiger partial charge on any atom is -0.314 e. The lowest BCUT2D eigenvalue weighted by molar-refractivity contribution is 0.573. The molecule has 2 N–H and O–H groups in total. The van der Waals surface area contributed by atoms with Crippen LogP contribution in [0.15, 0.2) is 29.2 Å². The van der Waals surface area contributed by atoms with Crippen LogP contribution < -0.4 is 10.0 Å². The standard InChI is InChI=1S/C13H20N2O2S/c1-11-5-2-3-6-13(11)18(16,17)15-10-4-9-14-12-7-8-12/h2-3,5-6,12,14-15H,4,7-10H2,1H3. The van der Waals surface area contributed by atoms with Crippen molar-refractivity contribution in [3.05, 3.63) is 29.8 Å². The lowest BCUT2D eigenvalue weighted by Gasteiger charge is -2.09. The summed E-state index contributed by atoms with van der Waals surface area (Å²) >= 11 is 0. The molecule has 1 saturated carbocycles. The quantitative estimate of drug-likeness (QED) is 0.735. The van der Waals surface area contributed by atoms with E-state index in [9.17, 15) is 8.42 Å². The van der Waals surface area contributed by atoms with Crippen LogP contribution >= 0.6 is 0 Å². The van der Waals surface area contributed by atoms with Gasteiger partial charge < -0.3 is 5.32 Å². The minimum atomic E-state index is -3.35. The largest absolute Gasteiger partial charge is 0.314 e. The number of rotatable bonds is 7. The van der Waals surface area contributed by atoms with E-state index in [1.807, 2.05) is 19.1 Å². The Morgan fingerprint density at radius 2 is 1.94 bits per heavy atom. The third kappa shape index (κ3) is 3.80. The Morgan fingerprint density at radius 1 is 1.22 bits per heavy atom. The zero-order valence-electron chi connectivity index (χ0n) is 10.6. The highest BCUT2D eigenvalue weighted by Gasteiger charge is 2.20. The fourth-order valence-corrected chi connectivity index (χ4v) is 3.14. The fraction of sp³-hybridized carbons (Fsp3) is 0.538. The van der Waals surface area contributed by atoms with Crippen LogP contribution in [-0.2, 0) is 10.0 Å². The van der Waals surface area contributed by atoms with E-state index in [1.54, 1.807) is 12.1 Å². The Balaban J connectivity index is 1.81. The number of sulfonamides is 1. The molecule has 18 heavy (non-hydrogen) atoms. The highest BCUT2D eigenvalue weighted by molar-refractivity contribution is 7.89. The van der Waals surface area contributed by atoms with Crippen molar-refractivity contribution < 1.29 is 8.42 Å². The van der Waals surface area contributed by atoms with E-state index in [-0.39, 0.29) is 0 Å². The van der Waals surface area contributed by atoms with Crippen molar-refractivity contribution in [2.45, 2.75) is 37.1 Å². The van der Waals surface area contributed by atoms with Gasteiger partial charge in [0.05, 0.1) is 4.90 Å². The molecule has 0 spiro atoms. The molecule has 0 atom stereocenters. The van der Waals surface area contributed by atoms with E-state index in [4.69, 9.17) is 0 Å². The summed E-state index contributed by atoms with van der Waals surface area (Å²) in [5.74, 6) is 0. The number of nitrogens with one attached hydrogen (secondary N) is 2. The van der Waals surface area contributed by atoms with Gasteiger partial charge in [0.2, 0.25) is 10.0 Å². The summed E-state index contributed by atoms with van der Waals surface area (Å²) in [4.78, 5) is 0.375. The summed E-state index contributed by atoms with van der Waals surface area (Å²) in [6.45, 7) is 3.17. The van der Waals surface area contributed by atoms with Gasteiger partial charge in [0.1, 0.15) is 0 Å². The molecule has 1 aliphatic carbocycles. The van der Waals surface area contributed by atoms with E-state index in [0.29, 0.717) is 17.5 Å². The van der Waals surface area contributed by atoms with Gasteiger partial charge in [0.15, 0.2) is 0 Å². The van der Waals surface area contributed by atoms with Crippen molar-refractivity contribution in [1.82, 2.24) is 10.0 Å². The first-order valence-corrected chi connectivity index (χ1v) is 7.86. The highest BCUT2D eigenvalue weighted by Crippen LogP contribution is 2.18. The van der Waals surface area contributed by atoms with Crippen LogP contribution in [0.2, 0.25) is 0 Å². The molecule has 0 amide bonds. The maximum Gasteiger partial charge on any atom is 0.240 e. The third-order valence-corrected chi connectivity index (χ3v) is 4.66. The van der Waals surface area contributed by atoms with Crippen LogP contribution in [-0.4, -0.2) is 27.5 Å². The molecule has 4 nitrogen and oxygen atoms in total. The van der Waals surface area contributed by atoms with E-state index >= 15 is 0 Å². The van der Waals surface area contributed by atoms with Crippen LogP contribution in [0.1, 0.15) is 24.8 Å². The predicted molar refractivity (Wildman–Crippen MR) is 72.0 cm³/mol. The van der Waals surface area contributed by atoms with Gasteiger partial charge in [-0.2, -0.15) is 0 Å². The van der Waals surface area contributed by atoms with Crippen molar-refractivity contribution in [3.63, 3.8) is 0 Å². The smallest absolute Gasteiger partial charge is 0.240 e. The summed E-state index contributed by atoms with van der Waals surface area (Å²) in [6.07, 6.45) is 3.34. The topological polar surface area (TPSA) is 58.2 Å². The summed E-state index contributed by atoms with van der Waals surface area (Å²) in [7, 11) is -3.35. The lowest BCUT2D eigenvalue weighted by Crippen LogP contribution is -2.28. The highest BCUT2D eigenvalue weighted by atomic mass is 32.2. The van der Waals surface area contributed by atoms with Crippen LogP contribution in [0.4, 0.5) is 0 Å². The molecule has 1 aromatic carbocycles. The molecule has 100 valence electrons. The van der Waals surface area contributed by atoms with Gasteiger partial charge in [-0.25, -0.2) is 13.1 Å². The molecular formula is C13H20N2O2S. The molecule has 0 heterocycles. The zero-order valence-corrected chi connectivity index (χ0v) is 11.5. The molecule has 5 heteroatoms. The van der Waals surface area contributed by atoms with Crippen molar-refractivity contribution in [3.8, 4) is 0 Å². The van der Waals surface area contributed by atoms with E-state index in [1.165, 1.54) is 12.8 Å². The molecule has 1 aromatic rings. The summed E-state index contributed by atoms with van der Waals surface area (Å²) in [5, 5.41) is 3.36. The number of aryl methyl sites for hydroxylation is 1. The lowest BCUT2D eigenvalue weighted by atomic mass is 10.2. The Kier molecular flexibility index (Phi) is 4.37. The van der Waals surface area contributed by atoms with Gasteiger partial charge in [0, 0.05) is 12.6 Å². The predicted octanol–water partition coefficient (Wildman–Crippen LogP) is 1.42. The van der Waals surface area contributed by atoms with Crippen molar-refractivity contribution in [1.29, 1.82) is 0 Å². The molecule has 0 bridgehead atoms. The van der Waals surface area contributed by atoms with Crippen molar-refractivity contribution in [2.75, 3.05) is 13.1 Å². The number of benzene rings is 1. The second-order valence-electron chi connectivity index (χ2n) is 4.75. The molecular weight excluding hydrogens is 248 g/mol. The van der Waals surface area contributed by atoms with Crippen molar-refractivity contribution in [2.24, 2.45) is 0 Å². The van der Waals surface area contributed by atoms with Crippen LogP contribution in [0.25, 0.3) is 0 Å². The van der Waals surface area contributed by atoms with Gasteiger partial charge in [-0.15, -0.1) is 0 Å². The third-order valence-electron chi connectivity index (χ3n) is 3.04. The number of hydrogen-bond donors (Lipinski definition) is 2. The second-order valence-corrected chi connectivity index (χ2v) is 6.48. The maximum absolute atomic E-state index is 12.0. The molecule has 1 aliphatic rings. The van der Waals surface area contributed by atoms with E-state index in [2.05, 4.69) is 10.0 Å². The fourth-order valence-electron chi connectivity index (χ4n) is 1.82. The molecule has 1 fully saturated rings. The first kappa shape index (κ1) is 13.5. The van der Waals surface area contributed by atoms with Gasteiger partial charge in [-0.05, 0) is 44.4 Å². The normalized spacial score (nSPS) is 15.8. The minimum absolute atomic E-state index is 0.375. The Bertz CT molecular complexity index is 495. The van der Waals surface area contributed by atoms with Gasteiger partial charge >= 0.3 is 0 Å². The van der Waals surface area contributed by atoms with Crippen LogP contribution in [0.3, 0.4) is 0 Å². The second kappa shape index (κ2) is 5.82. The Hall–Kier alpha value is -0.910. The van der Waals surface area contributed by atoms with Gasteiger partial charge in [-0.3, -0.25) is 0 Å². The Morgan fingerprint density at radius 3 is 2.61 bits per heavy atom. The maximum atomic E-state index is 12.0. The SMILES string of the molecule is Cc1ccccc1S(=O)(=O)NCCCNC1CC1. The van der Waals surface area contributed by atoms with E-state index < -0.39 is 10.0 Å². The summed E-state index contributed by atoms with van der Waals surface area (Å²) < 4.78 is 26.7. The van der Waals surface area contributed by atoms with Crippen LogP contribution in [0, 0.1) is 6.92 Å². The zero-order chi connectivity index (χ0) is 13.0. The molecule has 0 aromatic heterocycles. The molecule has 0 aliphatic heterocycles. The summed E-state index contributed by atoms with van der Waals surface area (Å²) in [5.41, 5.74) is 0.779. The molecule has 0 saturated heterocycles. The molecule has 0 radical (unpaired) electrons. The number of hydrogen-bond acceptors (Lipinski definition) is 3. The average Bonchev–Trinajstić information content (AvgIpc) is 3.13. The summed E-state index contributed by atoms with van der Waals surface area (Å²) in [6, 6.07) is 7.71. The van der Waals surface area contributed by atoms with E-state index in [0.717, 1.165) is 18.5 Å². The first-order chi connectivity index (χ1) is 8.59. The van der Waals surface area contributed by atoms with Crippen molar-refractivity contribution >= 4 is 10.0 Å². The Labute approximate surface area is 109 Å². The average molecular weight is 268 g/mol. The van der Waals surface area contributed by atoms with Gasteiger partial charge in [-0.1, -0.05) is 18.2 Å². The molecule has 0 unspecified atom stereocenters. The molecule has 2 rings (SSSR count). The monoisotopic (exact) mass is 268 g/mol. The van der Waals surface area contributed by atoms with Crippen LogP contribution in [0.5, 0.6) is 0 Å². The first-order valence-electron chi connectivity index (χ1n) is 6.38. The van der Waals surface area contributed by atoms with Gasteiger partial charge in [0.25, 0.3) is 0 Å².